The van der Waals surface area contributed by atoms with E-state index in [9.17, 15) is 9.90 Å². The minimum atomic E-state index is -0.392. The fourth-order valence-electron chi connectivity index (χ4n) is 3.34. The van der Waals surface area contributed by atoms with Crippen molar-refractivity contribution in [2.45, 2.75) is 58.4 Å². The Hall–Kier alpha value is -2.89. The quantitative estimate of drug-likeness (QED) is 0.429. The number of esters is 1. The van der Waals surface area contributed by atoms with Crippen LogP contribution in [0.2, 0.25) is 0 Å². The van der Waals surface area contributed by atoms with E-state index < -0.39 is 5.41 Å². The summed E-state index contributed by atoms with van der Waals surface area (Å²) < 4.78 is 5.23. The molecule has 0 amide bonds. The van der Waals surface area contributed by atoms with E-state index in [4.69, 9.17) is 4.74 Å². The Morgan fingerprint density at radius 2 is 1.83 bits per heavy atom. The molecule has 29 heavy (non-hydrogen) atoms. The second kappa shape index (κ2) is 9.07. The third-order valence-corrected chi connectivity index (χ3v) is 5.03. The lowest BCUT2D eigenvalue weighted by Gasteiger charge is -2.26. The SMILES string of the molecule is CCCCOC(=O)CCc1ccc(O)c(C(C)(C)Cn2nc3ccccc3n2)c1. The van der Waals surface area contributed by atoms with Crippen LogP contribution in [0.1, 0.15) is 51.2 Å². The normalized spacial score (nSPS) is 11.7. The number of ether oxygens (including phenoxy) is 1. The molecule has 0 saturated heterocycles. The molecule has 1 aromatic heterocycles. The van der Waals surface area contributed by atoms with Crippen LogP contribution in [0.5, 0.6) is 5.75 Å². The Balaban J connectivity index is 1.71. The molecule has 0 saturated carbocycles. The number of benzene rings is 2. The smallest absolute Gasteiger partial charge is 0.306 e. The van der Waals surface area contributed by atoms with Crippen LogP contribution >= 0.6 is 0 Å². The lowest BCUT2D eigenvalue weighted by Crippen LogP contribution is -2.26. The van der Waals surface area contributed by atoms with Gasteiger partial charge in [-0.1, -0.05) is 51.5 Å². The highest BCUT2D eigenvalue weighted by Crippen LogP contribution is 2.33. The molecule has 0 aliphatic rings. The summed E-state index contributed by atoms with van der Waals surface area (Å²) in [5.74, 6) is 0.0562. The topological polar surface area (TPSA) is 77.2 Å². The van der Waals surface area contributed by atoms with Gasteiger partial charge in [0.05, 0.1) is 13.2 Å². The van der Waals surface area contributed by atoms with Crippen LogP contribution in [0.25, 0.3) is 11.0 Å². The summed E-state index contributed by atoms with van der Waals surface area (Å²) in [7, 11) is 0. The molecular weight excluding hydrogens is 366 g/mol. The summed E-state index contributed by atoms with van der Waals surface area (Å²) >= 11 is 0. The minimum Gasteiger partial charge on any atom is -0.508 e. The number of fused-ring (bicyclic) bond motifs is 1. The van der Waals surface area contributed by atoms with Crippen molar-refractivity contribution in [3.8, 4) is 5.75 Å². The first-order valence-corrected chi connectivity index (χ1v) is 10.2. The summed E-state index contributed by atoms with van der Waals surface area (Å²) in [6.07, 6.45) is 2.81. The van der Waals surface area contributed by atoms with Gasteiger partial charge in [0.25, 0.3) is 0 Å². The number of unbranched alkanes of at least 4 members (excludes halogenated alkanes) is 1. The van der Waals surface area contributed by atoms with Crippen LogP contribution < -0.4 is 0 Å². The van der Waals surface area contributed by atoms with Gasteiger partial charge in [0.1, 0.15) is 16.8 Å². The zero-order valence-corrected chi connectivity index (χ0v) is 17.4. The summed E-state index contributed by atoms with van der Waals surface area (Å²) in [5.41, 5.74) is 3.12. The number of phenolic OH excluding ortho intramolecular Hbond substituents is 1. The van der Waals surface area contributed by atoms with Crippen molar-refractivity contribution in [2.75, 3.05) is 6.61 Å². The van der Waals surface area contributed by atoms with Crippen molar-refractivity contribution in [1.29, 1.82) is 0 Å². The Bertz CT molecular complexity index is 945. The molecule has 0 bridgehead atoms. The van der Waals surface area contributed by atoms with Gasteiger partial charge in [-0.15, -0.1) is 0 Å². The maximum atomic E-state index is 11.9. The van der Waals surface area contributed by atoms with Gasteiger partial charge in [-0.2, -0.15) is 15.0 Å². The Morgan fingerprint density at radius 1 is 1.14 bits per heavy atom. The van der Waals surface area contributed by atoms with E-state index in [1.54, 1.807) is 10.9 Å². The molecule has 0 unspecified atom stereocenters. The van der Waals surface area contributed by atoms with Crippen LogP contribution in [0, 0.1) is 0 Å². The molecule has 6 heteroatoms. The van der Waals surface area contributed by atoms with Gasteiger partial charge in [-0.05, 0) is 36.6 Å². The first-order valence-electron chi connectivity index (χ1n) is 10.2. The molecule has 2 aromatic carbocycles. The van der Waals surface area contributed by atoms with Gasteiger partial charge < -0.3 is 9.84 Å². The predicted molar refractivity (Wildman–Crippen MR) is 113 cm³/mol. The van der Waals surface area contributed by atoms with Crippen molar-refractivity contribution in [3.05, 3.63) is 53.6 Å². The zero-order chi connectivity index (χ0) is 20.9. The number of carbonyl (C=O) groups excluding carboxylic acids is 1. The maximum Gasteiger partial charge on any atom is 0.306 e. The molecule has 0 fully saturated rings. The third kappa shape index (κ3) is 5.34. The highest BCUT2D eigenvalue weighted by Gasteiger charge is 2.26. The van der Waals surface area contributed by atoms with E-state index in [0.29, 0.717) is 26.0 Å². The molecular formula is C23H29N3O3. The number of carbonyl (C=O) groups is 1. The van der Waals surface area contributed by atoms with Crippen LogP contribution in [0.15, 0.2) is 42.5 Å². The average molecular weight is 396 g/mol. The van der Waals surface area contributed by atoms with Crippen molar-refractivity contribution in [3.63, 3.8) is 0 Å². The lowest BCUT2D eigenvalue weighted by molar-refractivity contribution is -0.143. The summed E-state index contributed by atoms with van der Waals surface area (Å²) in [6.45, 7) is 7.18. The van der Waals surface area contributed by atoms with Crippen LogP contribution in [-0.4, -0.2) is 32.7 Å². The van der Waals surface area contributed by atoms with Gasteiger partial charge in [-0.3, -0.25) is 4.79 Å². The standard InChI is InChI=1S/C23H29N3O3/c1-4-5-14-29-22(28)13-11-17-10-12-21(27)18(15-17)23(2,3)16-26-24-19-8-6-7-9-20(19)25-26/h6-10,12,15,27H,4-5,11,13-14,16H2,1-3H3. The number of nitrogens with zero attached hydrogens (tertiary/aromatic N) is 3. The molecule has 3 rings (SSSR count). The van der Waals surface area contributed by atoms with E-state index in [2.05, 4.69) is 31.0 Å². The molecule has 0 aliphatic carbocycles. The zero-order valence-electron chi connectivity index (χ0n) is 17.4. The predicted octanol–water partition coefficient (Wildman–Crippen LogP) is 4.39. The summed E-state index contributed by atoms with van der Waals surface area (Å²) in [4.78, 5) is 13.6. The van der Waals surface area contributed by atoms with Crippen molar-refractivity contribution >= 4 is 17.0 Å². The first-order chi connectivity index (χ1) is 13.9. The van der Waals surface area contributed by atoms with Gasteiger partial charge >= 0.3 is 5.97 Å². The largest absolute Gasteiger partial charge is 0.508 e. The Morgan fingerprint density at radius 3 is 2.48 bits per heavy atom. The van der Waals surface area contributed by atoms with Crippen molar-refractivity contribution < 1.29 is 14.6 Å². The van der Waals surface area contributed by atoms with E-state index >= 15 is 0 Å². The summed E-state index contributed by atoms with van der Waals surface area (Å²) in [6, 6.07) is 13.3. The molecule has 1 heterocycles. The molecule has 0 spiro atoms. The van der Waals surface area contributed by atoms with Crippen molar-refractivity contribution in [1.82, 2.24) is 15.0 Å². The maximum absolute atomic E-state index is 11.9. The first kappa shape index (κ1) is 20.8. The number of aryl methyl sites for hydroxylation is 1. The molecule has 0 aliphatic heterocycles. The molecule has 1 N–H and O–H groups in total. The number of hydrogen-bond acceptors (Lipinski definition) is 5. The van der Waals surface area contributed by atoms with Crippen LogP contribution in [0.3, 0.4) is 0 Å². The number of rotatable bonds is 9. The lowest BCUT2D eigenvalue weighted by atomic mass is 9.83. The molecule has 154 valence electrons. The second-order valence-corrected chi connectivity index (χ2v) is 8.03. The fraction of sp³-hybridized carbons (Fsp3) is 0.435. The second-order valence-electron chi connectivity index (χ2n) is 8.03. The minimum absolute atomic E-state index is 0.181. The van der Waals surface area contributed by atoms with Gasteiger partial charge in [0, 0.05) is 17.4 Å². The van der Waals surface area contributed by atoms with Gasteiger partial charge in [0.2, 0.25) is 0 Å². The van der Waals surface area contributed by atoms with E-state index in [0.717, 1.165) is 35.0 Å². The number of phenols is 1. The highest BCUT2D eigenvalue weighted by atomic mass is 16.5. The summed E-state index contributed by atoms with van der Waals surface area (Å²) in [5, 5.41) is 19.5. The fourth-order valence-corrected chi connectivity index (χ4v) is 3.34. The molecule has 6 nitrogen and oxygen atoms in total. The van der Waals surface area contributed by atoms with E-state index in [-0.39, 0.29) is 11.7 Å². The number of aromatic hydroxyl groups is 1. The number of aromatic nitrogens is 3. The van der Waals surface area contributed by atoms with Crippen molar-refractivity contribution in [2.24, 2.45) is 0 Å². The van der Waals surface area contributed by atoms with E-state index in [1.807, 2.05) is 36.4 Å². The third-order valence-electron chi connectivity index (χ3n) is 5.03. The Labute approximate surface area is 171 Å². The van der Waals surface area contributed by atoms with Gasteiger partial charge in [-0.25, -0.2) is 0 Å². The van der Waals surface area contributed by atoms with Crippen LogP contribution in [0.4, 0.5) is 0 Å². The van der Waals surface area contributed by atoms with Gasteiger partial charge in [0.15, 0.2) is 0 Å². The molecule has 0 atom stereocenters. The number of hydrogen-bond donors (Lipinski definition) is 1. The Kier molecular flexibility index (Phi) is 6.52. The monoisotopic (exact) mass is 395 g/mol. The molecule has 3 aromatic rings. The average Bonchev–Trinajstić information content (AvgIpc) is 3.09. The highest BCUT2D eigenvalue weighted by molar-refractivity contribution is 5.73. The van der Waals surface area contributed by atoms with Crippen LogP contribution in [-0.2, 0) is 27.9 Å². The van der Waals surface area contributed by atoms with E-state index in [1.165, 1.54) is 0 Å². The molecule has 0 radical (unpaired) electrons.